The number of hydrogen-bond acceptors (Lipinski definition) is 2. The van der Waals surface area contributed by atoms with Crippen molar-refractivity contribution in [1.29, 1.82) is 10.8 Å². The average molecular weight is 211 g/mol. The summed E-state index contributed by atoms with van der Waals surface area (Å²) in [6, 6.07) is 0. The van der Waals surface area contributed by atoms with Crippen molar-refractivity contribution in [3.63, 3.8) is 0 Å². The van der Waals surface area contributed by atoms with E-state index in [0.717, 1.165) is 17.6 Å². The summed E-state index contributed by atoms with van der Waals surface area (Å²) in [5, 5.41) is 15.3. The second-order valence-corrected chi connectivity index (χ2v) is 4.40. The van der Waals surface area contributed by atoms with Crippen LogP contribution in [0.25, 0.3) is 0 Å². The first kappa shape index (κ1) is 10.4. The van der Waals surface area contributed by atoms with Crippen LogP contribution in [0.3, 0.4) is 0 Å². The zero-order valence-corrected chi connectivity index (χ0v) is 9.21. The molecule has 0 radical (unpaired) electrons. The molecule has 0 aromatic carbocycles. The van der Waals surface area contributed by atoms with Crippen molar-refractivity contribution >= 4 is 15.6 Å². The molecule has 1 aliphatic rings. The summed E-state index contributed by atoms with van der Waals surface area (Å²) < 4.78 is 1.21. The van der Waals surface area contributed by atoms with E-state index in [1.807, 2.05) is 26.0 Å². The average Bonchev–Trinajstić information content (AvgIpc) is 2.06. The summed E-state index contributed by atoms with van der Waals surface area (Å²) in [5.74, 6) is 0. The normalized spacial score (nSPS) is 16.7. The van der Waals surface area contributed by atoms with Crippen LogP contribution < -0.4 is 0 Å². The predicted octanol–water partition coefficient (Wildman–Crippen LogP) is 2.04. The van der Waals surface area contributed by atoms with Crippen LogP contribution in [0.1, 0.15) is 20.3 Å². The second-order valence-electron chi connectivity index (χ2n) is 3.20. The van der Waals surface area contributed by atoms with Gasteiger partial charge < -0.3 is 0 Å². The van der Waals surface area contributed by atoms with Gasteiger partial charge in [0.15, 0.2) is 0 Å². The van der Waals surface area contributed by atoms with E-state index in [0.29, 0.717) is 11.4 Å². The molecule has 2 N–H and O–H groups in total. The van der Waals surface area contributed by atoms with Crippen LogP contribution in [-0.4, -0.2) is 15.6 Å². The van der Waals surface area contributed by atoms with Crippen molar-refractivity contribution in [3.8, 4) is 0 Å². The zero-order valence-electron chi connectivity index (χ0n) is 7.81. The molecule has 0 saturated heterocycles. The molecule has 13 heavy (non-hydrogen) atoms. The van der Waals surface area contributed by atoms with E-state index in [2.05, 4.69) is 17.0 Å². The fourth-order valence-electron chi connectivity index (χ4n) is 1.17. The van der Waals surface area contributed by atoms with Crippen LogP contribution >= 0.6 is 0 Å². The third-order valence-electron chi connectivity index (χ3n) is 1.95. The molecule has 3 heteroatoms. The first-order valence-corrected chi connectivity index (χ1v) is 4.79. The van der Waals surface area contributed by atoms with Crippen molar-refractivity contribution < 1.29 is 17.0 Å². The van der Waals surface area contributed by atoms with Gasteiger partial charge >= 0.3 is 87.0 Å². The third kappa shape index (κ3) is 2.36. The van der Waals surface area contributed by atoms with Crippen LogP contribution in [0.15, 0.2) is 23.3 Å². The van der Waals surface area contributed by atoms with Gasteiger partial charge in [-0.25, -0.2) is 0 Å². The fourth-order valence-corrected chi connectivity index (χ4v) is 1.44. The van der Waals surface area contributed by atoms with Gasteiger partial charge in [-0.15, -0.1) is 0 Å². The van der Waals surface area contributed by atoms with Gasteiger partial charge in [0.1, 0.15) is 0 Å². The number of allylic oxidation sites excluding steroid dienone is 4. The quantitative estimate of drug-likeness (QED) is 0.657. The van der Waals surface area contributed by atoms with Crippen molar-refractivity contribution in [2.75, 3.05) is 0 Å². The van der Waals surface area contributed by atoms with Gasteiger partial charge in [0, 0.05) is 0 Å². The van der Waals surface area contributed by atoms with E-state index in [1.165, 1.54) is 4.23 Å². The monoisotopic (exact) mass is 211 g/mol. The van der Waals surface area contributed by atoms with E-state index in [-0.39, 0.29) is 0 Å². The third-order valence-corrected chi connectivity index (χ3v) is 2.19. The predicted molar refractivity (Wildman–Crippen MR) is 52.6 cm³/mol. The summed E-state index contributed by atoms with van der Waals surface area (Å²) >= 11 is 2.48. The molecule has 2 nitrogen and oxygen atoms in total. The minimum absolute atomic E-state index is 0.353. The molecule has 0 unspecified atom stereocenters. The summed E-state index contributed by atoms with van der Waals surface area (Å²) in [4.78, 5) is 0. The zero-order chi connectivity index (χ0) is 10.0. The maximum absolute atomic E-state index is 7.72. The number of hydrogen-bond donors (Lipinski definition) is 2. The molecule has 0 aromatic rings. The second kappa shape index (κ2) is 3.99. The SMILES string of the molecule is C[C](=[V])CC1=CC=C(C)C(=N)C1=N. The molecule has 0 fully saturated rings. The molecule has 67 valence electrons. The van der Waals surface area contributed by atoms with E-state index in [1.54, 1.807) is 0 Å². The molecule has 0 atom stereocenters. The summed E-state index contributed by atoms with van der Waals surface area (Å²) in [6.07, 6.45) is 4.63. The molecular weight excluding hydrogens is 199 g/mol. The van der Waals surface area contributed by atoms with Gasteiger partial charge in [-0.05, 0) is 0 Å². The van der Waals surface area contributed by atoms with Gasteiger partial charge in [-0.2, -0.15) is 0 Å². The van der Waals surface area contributed by atoms with Crippen LogP contribution in [0, 0.1) is 10.8 Å². The molecule has 0 saturated carbocycles. The van der Waals surface area contributed by atoms with Crippen molar-refractivity contribution in [2.24, 2.45) is 0 Å². The van der Waals surface area contributed by atoms with Gasteiger partial charge in [0.05, 0.1) is 0 Å². The molecule has 1 aliphatic carbocycles. The number of nitrogens with one attached hydrogen (secondary N) is 2. The molecule has 1 rings (SSSR count). The Labute approximate surface area is 87.2 Å². The molecule has 0 spiro atoms. The van der Waals surface area contributed by atoms with Crippen molar-refractivity contribution in [1.82, 2.24) is 0 Å². The Morgan fingerprint density at radius 1 is 1.31 bits per heavy atom. The standard InChI is InChI=1S/C10H12N2.V/c1-3-4-8-6-5-7(2)9(11)10(8)12;/h5-6,11-12H,4H2,1-2H3;. The molecule has 0 heterocycles. The molecular formula is C10H12N2V. The van der Waals surface area contributed by atoms with Crippen LogP contribution in [0.4, 0.5) is 0 Å². The molecule has 0 amide bonds. The van der Waals surface area contributed by atoms with Crippen LogP contribution in [-0.2, 0) is 17.0 Å². The van der Waals surface area contributed by atoms with Crippen LogP contribution in [0.5, 0.6) is 0 Å². The minimum atomic E-state index is 0.353. The Hall–Kier alpha value is -0.726. The van der Waals surface area contributed by atoms with Crippen LogP contribution in [0.2, 0.25) is 0 Å². The Kier molecular flexibility index (Phi) is 3.18. The first-order valence-electron chi connectivity index (χ1n) is 4.09. The van der Waals surface area contributed by atoms with Gasteiger partial charge in [0.25, 0.3) is 0 Å². The summed E-state index contributed by atoms with van der Waals surface area (Å²) in [6.45, 7) is 3.88. The molecule has 0 aliphatic heterocycles. The van der Waals surface area contributed by atoms with Gasteiger partial charge in [0.2, 0.25) is 0 Å². The number of rotatable bonds is 2. The fraction of sp³-hybridized carbons (Fsp3) is 0.300. The van der Waals surface area contributed by atoms with Crippen molar-refractivity contribution in [2.45, 2.75) is 20.3 Å². The first-order chi connectivity index (χ1) is 6.02. The Balaban J connectivity index is 2.94. The molecule has 0 aromatic heterocycles. The van der Waals surface area contributed by atoms with Gasteiger partial charge in [-0.1, -0.05) is 0 Å². The van der Waals surface area contributed by atoms with E-state index < -0.39 is 0 Å². The Morgan fingerprint density at radius 2 is 1.92 bits per heavy atom. The van der Waals surface area contributed by atoms with E-state index in [4.69, 9.17) is 10.8 Å². The Bertz CT molecular complexity index is 348. The van der Waals surface area contributed by atoms with Gasteiger partial charge in [-0.3, -0.25) is 0 Å². The Morgan fingerprint density at radius 3 is 2.46 bits per heavy atom. The topological polar surface area (TPSA) is 47.7 Å². The van der Waals surface area contributed by atoms with E-state index in [9.17, 15) is 0 Å². The molecule has 0 bridgehead atoms. The summed E-state index contributed by atoms with van der Waals surface area (Å²) in [5.41, 5.74) is 2.53. The summed E-state index contributed by atoms with van der Waals surface area (Å²) in [7, 11) is 0. The maximum atomic E-state index is 7.72. The van der Waals surface area contributed by atoms with Crippen molar-refractivity contribution in [3.05, 3.63) is 23.3 Å². The van der Waals surface area contributed by atoms with E-state index >= 15 is 0 Å².